The molecular weight excluding hydrogens is 104 g/mol. The standard InChI is InChI=1S/C6H12O2/c1-2-3-4-5-6(7)8/h2-5H2,1H3,(H,7,8)/i1T2,2T,3T2,4T2,5T2/hT. The predicted molar refractivity (Wildman–Crippen MR) is 31.8 cm³/mol. The number of hydrogen-bond donors (Lipinski definition) is 1. The summed E-state index contributed by atoms with van der Waals surface area (Å²) in [5.41, 5.74) is 0. The number of carboxylic acids is 1. The van der Waals surface area contributed by atoms with Crippen molar-refractivity contribution in [2.45, 2.75) is 32.4 Å². The lowest BCUT2D eigenvalue weighted by molar-refractivity contribution is -0.137. The third-order valence-corrected chi connectivity index (χ3v) is 0.320. The predicted octanol–water partition coefficient (Wildman–Crippen LogP) is 1.65. The molecule has 2 heteroatoms. The van der Waals surface area contributed by atoms with Crippen LogP contribution in [0, 0.1) is 0 Å². The van der Waals surface area contributed by atoms with E-state index in [2.05, 4.69) is 5.11 Å². The van der Waals surface area contributed by atoms with Gasteiger partial charge in [-0.3, -0.25) is 4.79 Å². The maximum atomic E-state index is 11.0. The van der Waals surface area contributed by atoms with Crippen molar-refractivity contribution in [1.82, 2.24) is 0 Å². The van der Waals surface area contributed by atoms with Crippen LogP contribution in [0.5, 0.6) is 0 Å². The molecule has 0 aromatic heterocycles. The third-order valence-electron chi connectivity index (χ3n) is 0.320. The summed E-state index contributed by atoms with van der Waals surface area (Å²) in [6.45, 7) is -2.07. The van der Waals surface area contributed by atoms with E-state index in [-0.39, 0.29) is 0 Å². The van der Waals surface area contributed by atoms with Crippen molar-refractivity contribution in [3.63, 3.8) is 0 Å². The molecule has 0 saturated carbocycles. The topological polar surface area (TPSA) is 37.3 Å². The second-order valence-electron chi connectivity index (χ2n) is 0.848. The maximum absolute atomic E-state index is 11.0. The molecule has 0 saturated heterocycles. The summed E-state index contributed by atoms with van der Waals surface area (Å²) in [6.07, 6.45) is -12.6. The first-order valence-electron chi connectivity index (χ1n) is 6.92. The minimum Gasteiger partial charge on any atom is -0.481 e. The van der Waals surface area contributed by atoms with Crippen molar-refractivity contribution in [3.8, 4) is 0 Å². The lowest BCUT2D eigenvalue weighted by atomic mass is 10.2. The average Bonchev–Trinajstić information content (AvgIpc) is 2.25. The quantitative estimate of drug-likeness (QED) is 0.638. The molecule has 0 aromatic carbocycles. The van der Waals surface area contributed by atoms with Crippen LogP contribution in [0.2, 0.25) is 0 Å². The summed E-state index contributed by atoms with van der Waals surface area (Å²) in [7, 11) is 0. The summed E-state index contributed by atoms with van der Waals surface area (Å²) in [4.78, 5) is 11.0. The van der Waals surface area contributed by atoms with Crippen LogP contribution >= 0.6 is 0 Å². The van der Waals surface area contributed by atoms with Gasteiger partial charge in [0, 0.05) is 18.7 Å². The number of carbonyl (C=O) groups is 1. The molecule has 0 aliphatic heterocycles. The molecule has 0 bridgehead atoms. The molecule has 0 fully saturated rings. The van der Waals surface area contributed by atoms with Gasteiger partial charge in [0.1, 0.15) is 0 Å². The van der Waals surface area contributed by atoms with E-state index in [0.29, 0.717) is 0 Å². The third kappa shape index (κ3) is 5.47. The summed E-state index contributed by atoms with van der Waals surface area (Å²) >= 11 is 0. The minimum absolute atomic E-state index is 1.95. The van der Waals surface area contributed by atoms with Crippen molar-refractivity contribution in [2.75, 3.05) is 0 Å². The minimum atomic E-state index is -3.54. The fraction of sp³-hybridized carbons (Fsp3) is 0.833. The van der Waals surface area contributed by atoms with Crippen molar-refractivity contribution in [1.29, 1.82) is 1.43 Å². The van der Waals surface area contributed by atoms with Crippen LogP contribution in [-0.4, -0.2) is 11.1 Å². The van der Waals surface area contributed by atoms with Crippen LogP contribution < -0.4 is 0 Å². The monoisotopic (exact) mass is 136 g/mol. The number of aliphatic carboxylic acids is 1. The summed E-state index contributed by atoms with van der Waals surface area (Å²) in [6, 6.07) is 0. The highest BCUT2D eigenvalue weighted by molar-refractivity contribution is 5.66. The zero-order chi connectivity index (χ0) is 14.9. The molecule has 1 atom stereocenters. The Balaban J connectivity index is 5.55. The Kier molecular flexibility index (Phi) is 0.666. The van der Waals surface area contributed by atoms with Gasteiger partial charge in [-0.1, -0.05) is 19.6 Å². The lowest BCUT2D eigenvalue weighted by Gasteiger charge is -1.89. The molecule has 2 nitrogen and oxygen atoms in total. The van der Waals surface area contributed by atoms with Gasteiger partial charge in [-0.2, -0.15) is 0 Å². The van der Waals surface area contributed by atoms with E-state index in [9.17, 15) is 4.79 Å². The van der Waals surface area contributed by atoms with Gasteiger partial charge in [0.15, 0.2) is 0 Å². The SMILES string of the molecule is [3H]OC(=O)C([3H])([3H])C([3H])([3H])C([3H])([3H])C([3H])C([3H])[3H]. The lowest BCUT2D eigenvalue weighted by Crippen LogP contribution is -1.92. The molecule has 0 aliphatic rings. The van der Waals surface area contributed by atoms with E-state index in [1.54, 1.807) is 0 Å². The van der Waals surface area contributed by atoms with Crippen LogP contribution in [0.4, 0.5) is 0 Å². The van der Waals surface area contributed by atoms with Crippen LogP contribution in [0.15, 0.2) is 0 Å². The van der Waals surface area contributed by atoms with E-state index >= 15 is 0 Å². The molecule has 1 unspecified atom stereocenters. The molecule has 0 rings (SSSR count). The van der Waals surface area contributed by atoms with Crippen molar-refractivity contribution in [2.24, 2.45) is 0 Å². The second-order valence-corrected chi connectivity index (χ2v) is 0.848. The molecule has 48 valence electrons. The first-order chi connectivity index (χ1) is 7.84. The molecule has 0 aliphatic carbocycles. The highest BCUT2D eigenvalue weighted by atomic mass is 16.4. The van der Waals surface area contributed by atoms with Gasteiger partial charge in [-0.05, 0) is 6.37 Å². The Labute approximate surface area is 63.7 Å². The normalized spacial score (nSPS) is 36.6. The fourth-order valence-corrected chi connectivity index (χ4v) is 0.129. The molecule has 1 N–H and O–H groups in total. The maximum Gasteiger partial charge on any atom is 0.303 e. The van der Waals surface area contributed by atoms with E-state index in [4.69, 9.17) is 13.8 Å². The first-order valence-corrected chi connectivity index (χ1v) is 1.78. The Hall–Kier alpha value is -0.530. The van der Waals surface area contributed by atoms with E-state index in [0.717, 1.165) is 0 Å². The Morgan fingerprint density at radius 2 is 2.88 bits per heavy atom. The Morgan fingerprint density at radius 1 is 2.00 bits per heavy atom. The number of carboxylic acid groups (broad SMARTS) is 1. The zero-order valence-electron chi connectivity index (χ0n) is 14.0. The molecule has 0 heterocycles. The van der Waals surface area contributed by atoms with Gasteiger partial charge in [-0.25, -0.2) is 0 Å². The second kappa shape index (κ2) is 4.62. The smallest absolute Gasteiger partial charge is 0.303 e. The van der Waals surface area contributed by atoms with Crippen molar-refractivity contribution in [3.05, 3.63) is 0 Å². The molecule has 0 aromatic rings. The first kappa shape index (κ1) is 1.15. The summed E-state index contributed by atoms with van der Waals surface area (Å²) in [5, 5.41) is 3.31. The highest BCUT2D eigenvalue weighted by Gasteiger charge is 1.92. The summed E-state index contributed by atoms with van der Waals surface area (Å²) < 4.78 is 70.9. The number of hydrogen-bond acceptors (Lipinski definition) is 2. The largest absolute Gasteiger partial charge is 0.481 e. The van der Waals surface area contributed by atoms with Crippen molar-refractivity contribution >= 4 is 5.97 Å². The van der Waals surface area contributed by atoms with E-state index in [1.165, 1.54) is 0 Å². The zero-order valence-corrected chi connectivity index (χ0v) is 3.97. The van der Waals surface area contributed by atoms with Crippen LogP contribution in [-0.2, 0) is 4.79 Å². The van der Waals surface area contributed by atoms with E-state index in [1.807, 2.05) is 0 Å². The Bertz CT molecular complexity index is 313. The summed E-state index contributed by atoms with van der Waals surface area (Å²) in [5.74, 6) is -1.95. The molecule has 0 radical (unpaired) electrons. The van der Waals surface area contributed by atoms with Gasteiger partial charge in [0.25, 0.3) is 1.43 Å². The van der Waals surface area contributed by atoms with Crippen molar-refractivity contribution < 1.29 is 22.2 Å². The van der Waals surface area contributed by atoms with Gasteiger partial charge in [0.05, 0.1) is 0 Å². The van der Waals surface area contributed by atoms with Gasteiger partial charge in [-0.15, -0.1) is 0 Å². The molecule has 8 heavy (non-hydrogen) atoms. The molecule has 0 spiro atoms. The van der Waals surface area contributed by atoms with Crippen LogP contribution in [0.3, 0.4) is 0 Å². The van der Waals surface area contributed by atoms with Crippen LogP contribution in [0.1, 0.15) is 44.7 Å². The highest BCUT2D eigenvalue weighted by Crippen LogP contribution is 1.97. The fourth-order valence-electron chi connectivity index (χ4n) is 0.129. The van der Waals surface area contributed by atoms with Crippen LogP contribution in [0.25, 0.3) is 1.43 Å². The van der Waals surface area contributed by atoms with Gasteiger partial charge in [0.2, 0.25) is 0 Å². The van der Waals surface area contributed by atoms with Gasteiger partial charge < -0.3 is 5.11 Å². The Morgan fingerprint density at radius 3 is 3.50 bits per heavy atom. The van der Waals surface area contributed by atoms with Gasteiger partial charge >= 0.3 is 5.97 Å². The average molecular weight is 136 g/mol. The molecular formula is C6H12O2. The number of rotatable bonds is 4. The van der Waals surface area contributed by atoms with E-state index < -0.39 is 38.4 Å². The molecule has 0 amide bonds.